The summed E-state index contributed by atoms with van der Waals surface area (Å²) in [7, 11) is 0. The predicted molar refractivity (Wildman–Crippen MR) is 112 cm³/mol. The van der Waals surface area contributed by atoms with E-state index >= 15 is 0 Å². The average molecular weight is 457 g/mol. The van der Waals surface area contributed by atoms with Gasteiger partial charge in [-0.2, -0.15) is 13.2 Å². The van der Waals surface area contributed by atoms with Crippen LogP contribution in [0.1, 0.15) is 21.5 Å². The van der Waals surface area contributed by atoms with Gasteiger partial charge in [-0.05, 0) is 53.6 Å². The highest BCUT2D eigenvalue weighted by molar-refractivity contribution is 5.94. The van der Waals surface area contributed by atoms with Gasteiger partial charge in [0.05, 0.1) is 17.5 Å². The van der Waals surface area contributed by atoms with Crippen LogP contribution in [0.25, 0.3) is 22.6 Å². The van der Waals surface area contributed by atoms with Crippen molar-refractivity contribution in [2.24, 2.45) is 0 Å². The van der Waals surface area contributed by atoms with E-state index in [0.717, 1.165) is 22.9 Å². The molecule has 0 spiro atoms. The van der Waals surface area contributed by atoms with Crippen molar-refractivity contribution in [1.82, 2.24) is 15.3 Å². The predicted octanol–water partition coefficient (Wildman–Crippen LogP) is 5.97. The number of nitrogens with zero attached hydrogens (tertiary/aromatic N) is 1. The summed E-state index contributed by atoms with van der Waals surface area (Å²) in [6.45, 7) is 0.0663. The molecule has 168 valence electrons. The zero-order valence-corrected chi connectivity index (χ0v) is 16.9. The molecule has 4 aromatic rings. The minimum atomic E-state index is -4.89. The van der Waals surface area contributed by atoms with Gasteiger partial charge in [-0.25, -0.2) is 13.8 Å². The van der Waals surface area contributed by atoms with Crippen LogP contribution in [0.15, 0.2) is 72.9 Å². The normalized spacial score (nSPS) is 11.4. The third-order valence-electron chi connectivity index (χ3n) is 4.95. The molecular formula is C24H16F5N3O. The molecule has 0 atom stereocenters. The van der Waals surface area contributed by atoms with E-state index in [1.54, 1.807) is 42.6 Å². The molecule has 1 heterocycles. The molecule has 3 aromatic carbocycles. The first-order chi connectivity index (χ1) is 15.7. The Bertz CT molecular complexity index is 1280. The van der Waals surface area contributed by atoms with Crippen molar-refractivity contribution >= 4 is 5.91 Å². The summed E-state index contributed by atoms with van der Waals surface area (Å²) < 4.78 is 65.0. The Labute approximate surface area is 185 Å². The standard InChI is InChI=1S/C24H16F5N3O/c25-18-8-5-15(6-9-18)21-13-30-22(32-21)16-3-1-14(2-4-16)12-31-23(33)17-7-10-20(26)19(11-17)24(27,28)29/h1-11,13H,12H2,(H,30,32)(H,31,33). The molecule has 0 saturated carbocycles. The Kier molecular flexibility index (Phi) is 5.95. The first-order valence-electron chi connectivity index (χ1n) is 9.76. The number of amides is 1. The molecule has 0 aliphatic rings. The maximum Gasteiger partial charge on any atom is 0.419 e. The number of carbonyl (C=O) groups is 1. The molecule has 0 aliphatic carbocycles. The van der Waals surface area contributed by atoms with Gasteiger partial charge in [0.15, 0.2) is 0 Å². The Morgan fingerprint density at radius 1 is 0.909 bits per heavy atom. The molecule has 0 bridgehead atoms. The number of imidazole rings is 1. The molecular weight excluding hydrogens is 441 g/mol. The average Bonchev–Trinajstić information content (AvgIpc) is 3.28. The minimum absolute atomic E-state index is 0.0663. The lowest BCUT2D eigenvalue weighted by atomic mass is 10.1. The molecule has 0 saturated heterocycles. The molecule has 4 nitrogen and oxygen atoms in total. The van der Waals surface area contributed by atoms with Crippen LogP contribution in [-0.4, -0.2) is 15.9 Å². The number of benzene rings is 3. The highest BCUT2D eigenvalue weighted by Crippen LogP contribution is 2.32. The van der Waals surface area contributed by atoms with Crippen molar-refractivity contribution in [3.8, 4) is 22.6 Å². The highest BCUT2D eigenvalue weighted by Gasteiger charge is 2.34. The highest BCUT2D eigenvalue weighted by atomic mass is 19.4. The fraction of sp³-hybridized carbons (Fsp3) is 0.0833. The number of halogens is 5. The topological polar surface area (TPSA) is 57.8 Å². The summed E-state index contributed by atoms with van der Waals surface area (Å²) in [5, 5.41) is 2.52. The smallest absolute Gasteiger partial charge is 0.348 e. The zero-order valence-electron chi connectivity index (χ0n) is 16.9. The number of aromatic nitrogens is 2. The van der Waals surface area contributed by atoms with Gasteiger partial charge in [-0.3, -0.25) is 4.79 Å². The monoisotopic (exact) mass is 457 g/mol. The fourth-order valence-electron chi connectivity index (χ4n) is 3.19. The van der Waals surface area contributed by atoms with Crippen molar-refractivity contribution in [1.29, 1.82) is 0 Å². The Hall–Kier alpha value is -4.01. The molecule has 0 unspecified atom stereocenters. The van der Waals surface area contributed by atoms with Gasteiger partial charge in [0.25, 0.3) is 5.91 Å². The van der Waals surface area contributed by atoms with Gasteiger partial charge in [0.1, 0.15) is 17.5 Å². The molecule has 1 amide bonds. The molecule has 0 fully saturated rings. The summed E-state index contributed by atoms with van der Waals surface area (Å²) in [6, 6.07) is 15.1. The maximum absolute atomic E-state index is 13.4. The van der Waals surface area contributed by atoms with Crippen molar-refractivity contribution in [2.75, 3.05) is 0 Å². The van der Waals surface area contributed by atoms with Crippen LogP contribution in [0.5, 0.6) is 0 Å². The van der Waals surface area contributed by atoms with Crippen LogP contribution in [0.3, 0.4) is 0 Å². The van der Waals surface area contributed by atoms with Crippen molar-refractivity contribution in [3.05, 3.63) is 101 Å². The number of hydrogen-bond donors (Lipinski definition) is 2. The summed E-state index contributed by atoms with van der Waals surface area (Å²) in [4.78, 5) is 19.7. The molecule has 33 heavy (non-hydrogen) atoms. The van der Waals surface area contributed by atoms with E-state index in [9.17, 15) is 26.7 Å². The fourth-order valence-corrected chi connectivity index (χ4v) is 3.19. The van der Waals surface area contributed by atoms with Crippen LogP contribution < -0.4 is 5.32 Å². The second-order valence-electron chi connectivity index (χ2n) is 7.22. The van der Waals surface area contributed by atoms with Crippen LogP contribution >= 0.6 is 0 Å². The number of nitrogens with one attached hydrogen (secondary N) is 2. The van der Waals surface area contributed by atoms with E-state index in [2.05, 4.69) is 15.3 Å². The summed E-state index contributed by atoms with van der Waals surface area (Å²) in [5.74, 6) is -1.92. The van der Waals surface area contributed by atoms with E-state index in [4.69, 9.17) is 0 Å². The van der Waals surface area contributed by atoms with E-state index in [1.165, 1.54) is 12.1 Å². The first kappa shape index (κ1) is 22.2. The lowest BCUT2D eigenvalue weighted by Gasteiger charge is -2.10. The molecule has 4 rings (SSSR count). The van der Waals surface area contributed by atoms with Gasteiger partial charge in [0.2, 0.25) is 0 Å². The molecule has 1 aromatic heterocycles. The third-order valence-corrected chi connectivity index (χ3v) is 4.95. The quantitative estimate of drug-likeness (QED) is 0.363. The lowest BCUT2D eigenvalue weighted by molar-refractivity contribution is -0.140. The zero-order chi connectivity index (χ0) is 23.6. The number of hydrogen-bond acceptors (Lipinski definition) is 2. The van der Waals surface area contributed by atoms with Gasteiger partial charge in [0, 0.05) is 17.7 Å². The van der Waals surface area contributed by atoms with Gasteiger partial charge < -0.3 is 10.3 Å². The van der Waals surface area contributed by atoms with Crippen molar-refractivity contribution in [3.63, 3.8) is 0 Å². The molecule has 0 radical (unpaired) electrons. The summed E-state index contributed by atoms with van der Waals surface area (Å²) >= 11 is 0. The number of alkyl halides is 3. The summed E-state index contributed by atoms with van der Waals surface area (Å²) in [6.07, 6.45) is -3.26. The van der Waals surface area contributed by atoms with E-state index in [0.29, 0.717) is 23.5 Å². The number of carbonyl (C=O) groups excluding carboxylic acids is 1. The van der Waals surface area contributed by atoms with Crippen molar-refractivity contribution < 1.29 is 26.7 Å². The van der Waals surface area contributed by atoms with Crippen LogP contribution in [0.2, 0.25) is 0 Å². The van der Waals surface area contributed by atoms with E-state index < -0.39 is 23.5 Å². The SMILES string of the molecule is O=C(NCc1ccc(-c2ncc(-c3ccc(F)cc3)[nH]2)cc1)c1ccc(F)c(C(F)(F)F)c1. The number of aromatic amines is 1. The van der Waals surface area contributed by atoms with Crippen molar-refractivity contribution in [2.45, 2.75) is 12.7 Å². The Morgan fingerprint density at radius 3 is 2.24 bits per heavy atom. The second kappa shape index (κ2) is 8.85. The molecule has 0 aliphatic heterocycles. The molecule has 9 heteroatoms. The minimum Gasteiger partial charge on any atom is -0.348 e. The largest absolute Gasteiger partial charge is 0.419 e. The second-order valence-corrected chi connectivity index (χ2v) is 7.22. The molecule has 2 N–H and O–H groups in total. The third kappa shape index (κ3) is 5.08. The van der Waals surface area contributed by atoms with E-state index in [-0.39, 0.29) is 17.9 Å². The Balaban J connectivity index is 1.41. The van der Waals surface area contributed by atoms with Gasteiger partial charge in [-0.15, -0.1) is 0 Å². The summed E-state index contributed by atoms with van der Waals surface area (Å²) in [5.41, 5.74) is 1.20. The van der Waals surface area contributed by atoms with Crippen LogP contribution in [0, 0.1) is 11.6 Å². The maximum atomic E-state index is 13.4. The van der Waals surface area contributed by atoms with Crippen LogP contribution in [-0.2, 0) is 12.7 Å². The van der Waals surface area contributed by atoms with Gasteiger partial charge >= 0.3 is 6.18 Å². The lowest BCUT2D eigenvalue weighted by Crippen LogP contribution is -2.23. The van der Waals surface area contributed by atoms with Crippen LogP contribution in [0.4, 0.5) is 22.0 Å². The number of H-pyrrole nitrogens is 1. The Morgan fingerprint density at radius 2 is 1.58 bits per heavy atom. The van der Waals surface area contributed by atoms with Gasteiger partial charge in [-0.1, -0.05) is 24.3 Å². The van der Waals surface area contributed by atoms with E-state index in [1.807, 2.05) is 0 Å². The number of rotatable bonds is 5. The first-order valence-corrected chi connectivity index (χ1v) is 9.76.